The van der Waals surface area contributed by atoms with Crippen LogP contribution >= 0.6 is 11.3 Å². The van der Waals surface area contributed by atoms with Crippen LogP contribution in [0.15, 0.2) is 29.2 Å². The number of carbonyl (C=O) groups excluding carboxylic acids is 1. The first-order valence-corrected chi connectivity index (χ1v) is 6.52. The standard InChI is InChI=1S/C12H13N3O3S/c1-15-6-9(5-13-15)11(12(17)18)14-10(16)4-8-2-3-19-7-8/h2-3,5-7,11H,4H2,1H3,(H,14,16)(H,17,18). The predicted molar refractivity (Wildman–Crippen MR) is 69.8 cm³/mol. The Hall–Kier alpha value is -2.15. The first-order valence-electron chi connectivity index (χ1n) is 5.58. The van der Waals surface area contributed by atoms with Gasteiger partial charge in [-0.05, 0) is 22.4 Å². The summed E-state index contributed by atoms with van der Waals surface area (Å²) in [6.45, 7) is 0. The average molecular weight is 279 g/mol. The van der Waals surface area contributed by atoms with Crippen molar-refractivity contribution < 1.29 is 14.7 Å². The van der Waals surface area contributed by atoms with Crippen LogP contribution < -0.4 is 5.32 Å². The van der Waals surface area contributed by atoms with Gasteiger partial charge in [0.05, 0.1) is 12.6 Å². The smallest absolute Gasteiger partial charge is 0.331 e. The minimum absolute atomic E-state index is 0.174. The summed E-state index contributed by atoms with van der Waals surface area (Å²) in [6.07, 6.45) is 3.18. The summed E-state index contributed by atoms with van der Waals surface area (Å²) in [4.78, 5) is 23.0. The van der Waals surface area contributed by atoms with E-state index in [0.29, 0.717) is 5.56 Å². The van der Waals surface area contributed by atoms with Crippen LogP contribution in [0.1, 0.15) is 17.2 Å². The highest BCUT2D eigenvalue weighted by atomic mass is 32.1. The summed E-state index contributed by atoms with van der Waals surface area (Å²) < 4.78 is 1.50. The minimum atomic E-state index is -1.10. The molecule has 1 atom stereocenters. The normalized spacial score (nSPS) is 12.1. The number of hydrogen-bond donors (Lipinski definition) is 2. The average Bonchev–Trinajstić information content (AvgIpc) is 2.97. The molecule has 100 valence electrons. The molecule has 0 fully saturated rings. The van der Waals surface area contributed by atoms with E-state index in [-0.39, 0.29) is 12.3 Å². The summed E-state index contributed by atoms with van der Waals surface area (Å²) in [5.41, 5.74) is 1.33. The molecule has 0 aliphatic carbocycles. The number of aromatic nitrogens is 2. The largest absolute Gasteiger partial charge is 0.479 e. The Morgan fingerprint density at radius 3 is 2.89 bits per heavy atom. The molecule has 6 nitrogen and oxygen atoms in total. The molecule has 2 rings (SSSR count). The van der Waals surface area contributed by atoms with E-state index in [1.807, 2.05) is 16.8 Å². The van der Waals surface area contributed by atoms with Gasteiger partial charge in [0, 0.05) is 18.8 Å². The molecule has 0 aliphatic rings. The van der Waals surface area contributed by atoms with E-state index in [4.69, 9.17) is 5.11 Å². The third-order valence-electron chi connectivity index (χ3n) is 2.56. The van der Waals surface area contributed by atoms with Crippen LogP contribution in [-0.4, -0.2) is 26.8 Å². The number of hydrogen-bond acceptors (Lipinski definition) is 4. The molecule has 2 heterocycles. The number of aryl methyl sites for hydroxylation is 1. The molecule has 7 heteroatoms. The first-order chi connectivity index (χ1) is 9.06. The lowest BCUT2D eigenvalue weighted by atomic mass is 10.1. The molecule has 0 radical (unpaired) electrons. The molecular formula is C12H13N3O3S. The maximum Gasteiger partial charge on any atom is 0.331 e. The van der Waals surface area contributed by atoms with Gasteiger partial charge in [-0.15, -0.1) is 0 Å². The zero-order chi connectivity index (χ0) is 13.8. The second-order valence-corrected chi connectivity index (χ2v) is 4.87. The zero-order valence-electron chi connectivity index (χ0n) is 10.2. The van der Waals surface area contributed by atoms with Gasteiger partial charge >= 0.3 is 5.97 Å². The van der Waals surface area contributed by atoms with E-state index in [9.17, 15) is 9.59 Å². The molecule has 1 unspecified atom stereocenters. The lowest BCUT2D eigenvalue weighted by Crippen LogP contribution is -2.34. The fourth-order valence-electron chi connectivity index (χ4n) is 1.67. The summed E-state index contributed by atoms with van der Waals surface area (Å²) in [7, 11) is 1.69. The van der Waals surface area contributed by atoms with Crippen LogP contribution in [0.3, 0.4) is 0 Å². The Kier molecular flexibility index (Phi) is 3.96. The lowest BCUT2D eigenvalue weighted by Gasteiger charge is -2.12. The number of amides is 1. The van der Waals surface area contributed by atoms with Crippen LogP contribution in [0, 0.1) is 0 Å². The number of carboxylic acids is 1. The highest BCUT2D eigenvalue weighted by Gasteiger charge is 2.23. The van der Waals surface area contributed by atoms with Crippen molar-refractivity contribution in [2.45, 2.75) is 12.5 Å². The van der Waals surface area contributed by atoms with Crippen molar-refractivity contribution in [2.75, 3.05) is 0 Å². The SMILES string of the molecule is Cn1cc(C(NC(=O)Cc2ccsc2)C(=O)O)cn1. The Morgan fingerprint density at radius 1 is 1.58 bits per heavy atom. The lowest BCUT2D eigenvalue weighted by molar-refractivity contribution is -0.141. The molecule has 2 aromatic rings. The van der Waals surface area contributed by atoms with E-state index in [1.165, 1.54) is 22.2 Å². The predicted octanol–water partition coefficient (Wildman–Crippen LogP) is 0.966. The molecule has 2 aromatic heterocycles. The highest BCUT2D eigenvalue weighted by Crippen LogP contribution is 2.13. The van der Waals surface area contributed by atoms with Gasteiger partial charge in [0.25, 0.3) is 0 Å². The van der Waals surface area contributed by atoms with E-state index in [1.54, 1.807) is 13.2 Å². The van der Waals surface area contributed by atoms with Crippen LogP contribution in [0.25, 0.3) is 0 Å². The molecule has 19 heavy (non-hydrogen) atoms. The third-order valence-corrected chi connectivity index (χ3v) is 3.29. The van der Waals surface area contributed by atoms with Gasteiger partial charge in [0.15, 0.2) is 6.04 Å². The van der Waals surface area contributed by atoms with Crippen LogP contribution in [-0.2, 0) is 23.1 Å². The zero-order valence-corrected chi connectivity index (χ0v) is 11.1. The Bertz CT molecular complexity index is 577. The van der Waals surface area contributed by atoms with Crippen molar-refractivity contribution >= 4 is 23.2 Å². The molecule has 0 spiro atoms. The molecule has 0 saturated carbocycles. The number of aliphatic carboxylic acids is 1. The fourth-order valence-corrected chi connectivity index (χ4v) is 2.34. The summed E-state index contributed by atoms with van der Waals surface area (Å²) in [5.74, 6) is -1.43. The van der Waals surface area contributed by atoms with Gasteiger partial charge in [-0.3, -0.25) is 9.48 Å². The number of carbonyl (C=O) groups is 2. The van der Waals surface area contributed by atoms with Gasteiger partial charge in [0.2, 0.25) is 5.91 Å². The molecule has 0 aliphatic heterocycles. The number of nitrogens with zero attached hydrogens (tertiary/aromatic N) is 2. The summed E-state index contributed by atoms with van der Waals surface area (Å²) >= 11 is 1.50. The number of nitrogens with one attached hydrogen (secondary N) is 1. The Balaban J connectivity index is 2.05. The second-order valence-electron chi connectivity index (χ2n) is 4.09. The van der Waals surface area contributed by atoms with E-state index >= 15 is 0 Å². The second kappa shape index (κ2) is 5.66. The number of thiophene rings is 1. The van der Waals surface area contributed by atoms with Crippen molar-refractivity contribution in [3.8, 4) is 0 Å². The summed E-state index contributed by atoms with van der Waals surface area (Å²) in [5, 5.41) is 19.3. The van der Waals surface area contributed by atoms with Gasteiger partial charge in [-0.1, -0.05) is 0 Å². The van der Waals surface area contributed by atoms with Crippen molar-refractivity contribution in [3.05, 3.63) is 40.3 Å². The molecule has 0 bridgehead atoms. The minimum Gasteiger partial charge on any atom is -0.479 e. The third kappa shape index (κ3) is 3.41. The van der Waals surface area contributed by atoms with Crippen LogP contribution in [0.4, 0.5) is 0 Å². The molecular weight excluding hydrogens is 266 g/mol. The molecule has 2 N–H and O–H groups in total. The fraction of sp³-hybridized carbons (Fsp3) is 0.250. The van der Waals surface area contributed by atoms with Gasteiger partial charge in [-0.2, -0.15) is 16.4 Å². The van der Waals surface area contributed by atoms with Crippen molar-refractivity contribution in [3.63, 3.8) is 0 Å². The van der Waals surface area contributed by atoms with Crippen LogP contribution in [0.2, 0.25) is 0 Å². The molecule has 0 saturated heterocycles. The van der Waals surface area contributed by atoms with Crippen molar-refractivity contribution in [1.82, 2.24) is 15.1 Å². The number of rotatable bonds is 5. The highest BCUT2D eigenvalue weighted by molar-refractivity contribution is 7.07. The van der Waals surface area contributed by atoms with E-state index < -0.39 is 12.0 Å². The Labute approximate surface area is 113 Å². The number of carboxylic acid groups (broad SMARTS) is 1. The van der Waals surface area contributed by atoms with E-state index in [2.05, 4.69) is 10.4 Å². The maximum atomic E-state index is 11.8. The molecule has 1 amide bonds. The quantitative estimate of drug-likeness (QED) is 0.854. The summed E-state index contributed by atoms with van der Waals surface area (Å²) in [6, 6.07) is 0.768. The topological polar surface area (TPSA) is 84.2 Å². The Morgan fingerprint density at radius 2 is 2.37 bits per heavy atom. The molecule has 0 aromatic carbocycles. The van der Waals surface area contributed by atoms with Crippen LogP contribution in [0.5, 0.6) is 0 Å². The van der Waals surface area contributed by atoms with E-state index in [0.717, 1.165) is 5.56 Å². The van der Waals surface area contributed by atoms with Crippen molar-refractivity contribution in [2.24, 2.45) is 7.05 Å². The van der Waals surface area contributed by atoms with Gasteiger partial charge < -0.3 is 10.4 Å². The first kappa shape index (κ1) is 13.3. The van der Waals surface area contributed by atoms with Gasteiger partial charge in [0.1, 0.15) is 0 Å². The van der Waals surface area contributed by atoms with Gasteiger partial charge in [-0.25, -0.2) is 4.79 Å². The monoisotopic (exact) mass is 279 g/mol. The maximum absolute atomic E-state index is 11.8. The van der Waals surface area contributed by atoms with Crippen molar-refractivity contribution in [1.29, 1.82) is 0 Å².